The van der Waals surface area contributed by atoms with Gasteiger partial charge in [-0.2, -0.15) is 0 Å². The first-order valence-corrected chi connectivity index (χ1v) is 9.65. The molecule has 1 N–H and O–H groups in total. The predicted molar refractivity (Wildman–Crippen MR) is 104 cm³/mol. The monoisotopic (exact) mass is 401 g/mol. The SMILES string of the molecule is C[C@@H](NC(=O)c1ccccn1)c1nnc(SCCOc2ccc(F)cc2)n1C. The first kappa shape index (κ1) is 19.8. The van der Waals surface area contributed by atoms with Crippen LogP contribution in [-0.4, -0.2) is 38.0 Å². The van der Waals surface area contributed by atoms with E-state index in [0.717, 1.165) is 5.16 Å². The van der Waals surface area contributed by atoms with Gasteiger partial charge in [-0.1, -0.05) is 17.8 Å². The minimum atomic E-state index is -0.322. The van der Waals surface area contributed by atoms with E-state index in [0.29, 0.717) is 29.6 Å². The summed E-state index contributed by atoms with van der Waals surface area (Å²) < 4.78 is 20.3. The van der Waals surface area contributed by atoms with E-state index in [1.54, 1.807) is 36.5 Å². The average Bonchev–Trinajstić information content (AvgIpc) is 3.08. The number of pyridine rings is 1. The molecule has 9 heteroatoms. The number of carbonyl (C=O) groups is 1. The van der Waals surface area contributed by atoms with E-state index in [1.807, 2.05) is 18.5 Å². The van der Waals surface area contributed by atoms with Crippen LogP contribution in [0.15, 0.2) is 53.8 Å². The molecular weight excluding hydrogens is 381 g/mol. The van der Waals surface area contributed by atoms with E-state index >= 15 is 0 Å². The summed E-state index contributed by atoms with van der Waals surface area (Å²) in [5.41, 5.74) is 0.351. The number of amides is 1. The smallest absolute Gasteiger partial charge is 0.270 e. The van der Waals surface area contributed by atoms with Crippen molar-refractivity contribution in [2.75, 3.05) is 12.4 Å². The number of nitrogens with zero attached hydrogens (tertiary/aromatic N) is 4. The summed E-state index contributed by atoms with van der Waals surface area (Å²) in [4.78, 5) is 16.3. The lowest BCUT2D eigenvalue weighted by molar-refractivity contribution is 0.0932. The van der Waals surface area contributed by atoms with Crippen molar-refractivity contribution in [3.05, 3.63) is 66.0 Å². The summed E-state index contributed by atoms with van der Waals surface area (Å²) in [6.07, 6.45) is 1.57. The number of halogens is 1. The molecular formula is C19H20FN5O2S. The van der Waals surface area contributed by atoms with E-state index < -0.39 is 0 Å². The van der Waals surface area contributed by atoms with Gasteiger partial charge >= 0.3 is 0 Å². The molecule has 7 nitrogen and oxygen atoms in total. The fraction of sp³-hybridized carbons (Fsp3) is 0.263. The molecule has 146 valence electrons. The van der Waals surface area contributed by atoms with Crippen molar-refractivity contribution in [1.29, 1.82) is 0 Å². The summed E-state index contributed by atoms with van der Waals surface area (Å²) >= 11 is 1.49. The molecule has 0 aliphatic rings. The standard InChI is InChI=1S/C19H20FN5O2S/c1-13(22-18(26)16-5-3-4-10-21-16)17-23-24-19(25(17)2)28-12-11-27-15-8-6-14(20)7-9-15/h3-10,13H,11-12H2,1-2H3,(H,22,26)/t13-/m1/s1. The summed E-state index contributed by atoms with van der Waals surface area (Å²) in [5.74, 6) is 1.35. The second-order valence-corrected chi connectivity index (χ2v) is 7.02. The van der Waals surface area contributed by atoms with Crippen molar-refractivity contribution >= 4 is 17.7 Å². The summed E-state index contributed by atoms with van der Waals surface area (Å²) in [7, 11) is 1.85. The lowest BCUT2D eigenvalue weighted by atomic mass is 10.2. The third-order valence-corrected chi connectivity index (χ3v) is 4.88. The van der Waals surface area contributed by atoms with Gasteiger partial charge < -0.3 is 14.6 Å². The molecule has 3 rings (SSSR count). The highest BCUT2D eigenvalue weighted by Gasteiger charge is 2.18. The first-order valence-electron chi connectivity index (χ1n) is 8.67. The summed E-state index contributed by atoms with van der Waals surface area (Å²) in [6, 6.07) is 10.7. The average molecular weight is 401 g/mol. The second-order valence-electron chi connectivity index (χ2n) is 5.96. The normalized spacial score (nSPS) is 11.8. The molecule has 3 aromatic rings. The van der Waals surface area contributed by atoms with Gasteiger partial charge in [0, 0.05) is 19.0 Å². The van der Waals surface area contributed by atoms with Crippen molar-refractivity contribution < 1.29 is 13.9 Å². The number of nitrogens with one attached hydrogen (secondary N) is 1. The number of carbonyl (C=O) groups excluding carboxylic acids is 1. The Bertz CT molecular complexity index is 918. The van der Waals surface area contributed by atoms with Crippen LogP contribution in [-0.2, 0) is 7.05 Å². The van der Waals surface area contributed by atoms with Crippen LogP contribution in [0.4, 0.5) is 4.39 Å². The Balaban J connectivity index is 1.51. The maximum atomic E-state index is 12.9. The third-order valence-electron chi connectivity index (χ3n) is 3.90. The zero-order valence-corrected chi connectivity index (χ0v) is 16.3. The van der Waals surface area contributed by atoms with Crippen LogP contribution in [0.5, 0.6) is 5.75 Å². The molecule has 0 saturated carbocycles. The molecule has 0 aliphatic carbocycles. The Morgan fingerprint density at radius 2 is 2.04 bits per heavy atom. The van der Waals surface area contributed by atoms with E-state index in [2.05, 4.69) is 20.5 Å². The maximum Gasteiger partial charge on any atom is 0.270 e. The Morgan fingerprint density at radius 3 is 2.75 bits per heavy atom. The minimum absolute atomic E-state index is 0.266. The zero-order valence-electron chi connectivity index (χ0n) is 15.5. The van der Waals surface area contributed by atoms with Crippen molar-refractivity contribution in [1.82, 2.24) is 25.1 Å². The van der Waals surface area contributed by atoms with Crippen LogP contribution in [0.2, 0.25) is 0 Å². The van der Waals surface area contributed by atoms with E-state index in [9.17, 15) is 9.18 Å². The van der Waals surface area contributed by atoms with Crippen LogP contribution < -0.4 is 10.1 Å². The Kier molecular flexibility index (Phi) is 6.59. The Labute approximate surface area is 166 Å². The van der Waals surface area contributed by atoms with Crippen molar-refractivity contribution in [2.24, 2.45) is 7.05 Å². The zero-order chi connectivity index (χ0) is 19.9. The highest BCUT2D eigenvalue weighted by Crippen LogP contribution is 2.20. The molecule has 0 saturated heterocycles. The Morgan fingerprint density at radius 1 is 1.25 bits per heavy atom. The molecule has 1 atom stereocenters. The van der Waals surface area contributed by atoms with Gasteiger partial charge in [0.25, 0.3) is 5.91 Å². The van der Waals surface area contributed by atoms with Gasteiger partial charge in [0.1, 0.15) is 17.3 Å². The first-order chi connectivity index (χ1) is 13.5. The van der Waals surface area contributed by atoms with E-state index in [-0.39, 0.29) is 17.8 Å². The number of rotatable bonds is 8. The van der Waals surface area contributed by atoms with Crippen molar-refractivity contribution in [3.8, 4) is 5.75 Å². The van der Waals surface area contributed by atoms with Crippen LogP contribution >= 0.6 is 11.8 Å². The van der Waals surface area contributed by atoms with Gasteiger partial charge in [-0.15, -0.1) is 10.2 Å². The molecule has 2 heterocycles. The lowest BCUT2D eigenvalue weighted by Gasteiger charge is -2.13. The highest BCUT2D eigenvalue weighted by atomic mass is 32.2. The molecule has 1 aromatic carbocycles. The van der Waals surface area contributed by atoms with Gasteiger partial charge in [-0.05, 0) is 43.3 Å². The van der Waals surface area contributed by atoms with Crippen molar-refractivity contribution in [2.45, 2.75) is 18.1 Å². The molecule has 0 radical (unpaired) electrons. The molecule has 28 heavy (non-hydrogen) atoms. The van der Waals surface area contributed by atoms with E-state index in [4.69, 9.17) is 4.74 Å². The van der Waals surface area contributed by atoms with Crippen molar-refractivity contribution in [3.63, 3.8) is 0 Å². The molecule has 2 aromatic heterocycles. The number of hydrogen-bond acceptors (Lipinski definition) is 6. The number of aromatic nitrogens is 4. The van der Waals surface area contributed by atoms with Crippen LogP contribution in [0.25, 0.3) is 0 Å². The van der Waals surface area contributed by atoms with Crippen LogP contribution in [0.3, 0.4) is 0 Å². The van der Waals surface area contributed by atoms with Gasteiger partial charge in [0.05, 0.1) is 12.6 Å². The number of ether oxygens (including phenoxy) is 1. The quantitative estimate of drug-likeness (QED) is 0.462. The molecule has 0 fully saturated rings. The minimum Gasteiger partial charge on any atom is -0.493 e. The Hall–Kier alpha value is -2.94. The molecule has 1 amide bonds. The van der Waals surface area contributed by atoms with E-state index in [1.165, 1.54) is 23.9 Å². The van der Waals surface area contributed by atoms with Gasteiger partial charge in [0.15, 0.2) is 11.0 Å². The third kappa shape index (κ3) is 5.07. The summed E-state index contributed by atoms with van der Waals surface area (Å²) in [6.45, 7) is 2.29. The van der Waals surface area contributed by atoms with Gasteiger partial charge in [0.2, 0.25) is 0 Å². The maximum absolute atomic E-state index is 12.9. The van der Waals surface area contributed by atoms with Gasteiger partial charge in [-0.3, -0.25) is 9.78 Å². The number of hydrogen-bond donors (Lipinski definition) is 1. The molecule has 0 aliphatic heterocycles. The fourth-order valence-corrected chi connectivity index (χ4v) is 3.22. The van der Waals surface area contributed by atoms with Gasteiger partial charge in [-0.25, -0.2) is 4.39 Å². The fourth-order valence-electron chi connectivity index (χ4n) is 2.48. The number of thioether (sulfide) groups is 1. The highest BCUT2D eigenvalue weighted by molar-refractivity contribution is 7.99. The summed E-state index contributed by atoms with van der Waals surface area (Å²) in [5, 5.41) is 12.0. The topological polar surface area (TPSA) is 81.9 Å². The second kappa shape index (κ2) is 9.32. The lowest BCUT2D eigenvalue weighted by Crippen LogP contribution is -2.29. The predicted octanol–water partition coefficient (Wildman–Crippen LogP) is 3.01. The molecule has 0 spiro atoms. The molecule has 0 bridgehead atoms. The number of benzene rings is 1. The van der Waals surface area contributed by atoms with Crippen LogP contribution in [0, 0.1) is 5.82 Å². The van der Waals surface area contributed by atoms with Crippen LogP contribution in [0.1, 0.15) is 29.3 Å². The molecule has 0 unspecified atom stereocenters. The largest absolute Gasteiger partial charge is 0.493 e.